The highest BCUT2D eigenvalue weighted by Gasteiger charge is 2.35. The van der Waals surface area contributed by atoms with Crippen LogP contribution in [-0.4, -0.2) is 34.6 Å². The molecule has 1 atom stereocenters. The minimum Gasteiger partial charge on any atom is -0.497 e. The predicted octanol–water partition coefficient (Wildman–Crippen LogP) is 5.45. The number of fused-ring (bicyclic) bond motifs is 6. The zero-order chi connectivity index (χ0) is 22.2. The van der Waals surface area contributed by atoms with Crippen molar-refractivity contribution < 1.29 is 19.4 Å². The van der Waals surface area contributed by atoms with Gasteiger partial charge in [0, 0.05) is 40.8 Å². The molecule has 6 heteroatoms. The van der Waals surface area contributed by atoms with Crippen LogP contribution >= 0.6 is 0 Å². The molecule has 1 unspecified atom stereocenters. The maximum absolute atomic E-state index is 12.3. The molecule has 0 radical (unpaired) electrons. The number of aromatic nitrogens is 1. The molecule has 0 amide bonds. The summed E-state index contributed by atoms with van der Waals surface area (Å²) in [5.41, 5.74) is 5.51. The van der Waals surface area contributed by atoms with E-state index in [1.54, 1.807) is 7.11 Å². The van der Waals surface area contributed by atoms with Crippen molar-refractivity contribution in [3.63, 3.8) is 0 Å². The van der Waals surface area contributed by atoms with Crippen LogP contribution in [0.15, 0.2) is 30.3 Å². The summed E-state index contributed by atoms with van der Waals surface area (Å²) in [6, 6.07) is 10.1. The summed E-state index contributed by atoms with van der Waals surface area (Å²) < 4.78 is 11.9. The van der Waals surface area contributed by atoms with Crippen LogP contribution < -0.4 is 9.47 Å². The molecule has 0 fully saturated rings. The second kappa shape index (κ2) is 8.51. The number of hydrogen-bond acceptors (Lipinski definition) is 4. The molecule has 168 valence electrons. The van der Waals surface area contributed by atoms with Gasteiger partial charge in [0.05, 0.1) is 12.7 Å². The molecule has 0 spiro atoms. The van der Waals surface area contributed by atoms with Crippen LogP contribution in [0, 0.1) is 0 Å². The van der Waals surface area contributed by atoms with Crippen LogP contribution in [0.3, 0.4) is 0 Å². The highest BCUT2D eigenvalue weighted by molar-refractivity contribution is 6.07. The van der Waals surface area contributed by atoms with Crippen molar-refractivity contribution in [3.05, 3.63) is 58.3 Å². The van der Waals surface area contributed by atoms with Gasteiger partial charge in [-0.15, -0.1) is 0 Å². The summed E-state index contributed by atoms with van der Waals surface area (Å²) in [4.78, 5) is 18.0. The van der Waals surface area contributed by atoms with Gasteiger partial charge in [-0.3, -0.25) is 4.90 Å². The summed E-state index contributed by atoms with van der Waals surface area (Å²) >= 11 is 0. The summed E-state index contributed by atoms with van der Waals surface area (Å²) in [7, 11) is 1.68. The van der Waals surface area contributed by atoms with Crippen LogP contribution in [-0.2, 0) is 19.4 Å². The number of carboxylic acid groups (broad SMARTS) is 1. The molecule has 5 rings (SSSR count). The summed E-state index contributed by atoms with van der Waals surface area (Å²) in [5.74, 6) is 0.773. The van der Waals surface area contributed by atoms with Gasteiger partial charge in [0.2, 0.25) is 0 Å². The molecule has 0 bridgehead atoms. The quantitative estimate of drug-likeness (QED) is 0.484. The van der Waals surface area contributed by atoms with Gasteiger partial charge in [0.15, 0.2) is 6.23 Å². The molecule has 2 aliphatic rings. The summed E-state index contributed by atoms with van der Waals surface area (Å²) in [5, 5.41) is 10.9. The van der Waals surface area contributed by atoms with Crippen LogP contribution in [0.5, 0.6) is 11.5 Å². The molecular formula is C26H30N2O4. The van der Waals surface area contributed by atoms with Gasteiger partial charge in [-0.25, -0.2) is 4.79 Å². The normalized spacial score (nSPS) is 17.4. The topological polar surface area (TPSA) is 74.8 Å². The molecule has 32 heavy (non-hydrogen) atoms. The molecule has 2 N–H and O–H groups in total. The van der Waals surface area contributed by atoms with E-state index in [0.29, 0.717) is 12.1 Å². The number of benzene rings is 2. The van der Waals surface area contributed by atoms with Gasteiger partial charge >= 0.3 is 5.97 Å². The fraction of sp³-hybridized carbons (Fsp3) is 0.423. The van der Waals surface area contributed by atoms with Gasteiger partial charge < -0.3 is 19.6 Å². The van der Waals surface area contributed by atoms with Crippen LogP contribution in [0.25, 0.3) is 10.9 Å². The Morgan fingerprint density at radius 3 is 2.91 bits per heavy atom. The Morgan fingerprint density at radius 2 is 2.12 bits per heavy atom. The first-order valence-electron chi connectivity index (χ1n) is 11.6. The molecule has 0 saturated carbocycles. The number of nitrogens with zero attached hydrogens (tertiary/aromatic N) is 1. The van der Waals surface area contributed by atoms with Crippen LogP contribution in [0.4, 0.5) is 0 Å². The van der Waals surface area contributed by atoms with E-state index in [4.69, 9.17) is 9.47 Å². The number of H-pyrrole nitrogens is 1. The molecule has 6 nitrogen and oxygen atoms in total. The SMILES string of the molecule is CCCCCCc1[nH]c2ccc3c(c2c1C(=O)O)CN1CCc2cc(OC)ccc2C1O3. The van der Waals surface area contributed by atoms with Crippen molar-refractivity contribution in [2.75, 3.05) is 13.7 Å². The lowest BCUT2D eigenvalue weighted by Gasteiger charge is -2.41. The molecule has 1 aromatic heterocycles. The van der Waals surface area contributed by atoms with Crippen molar-refractivity contribution >= 4 is 16.9 Å². The number of ether oxygens (including phenoxy) is 2. The maximum Gasteiger partial charge on any atom is 0.338 e. The first kappa shape index (κ1) is 20.9. The van der Waals surface area contributed by atoms with Gasteiger partial charge in [-0.05, 0) is 55.2 Å². The fourth-order valence-electron chi connectivity index (χ4n) is 5.18. The number of nitrogens with one attached hydrogen (secondary N) is 1. The average Bonchev–Trinajstić information content (AvgIpc) is 3.19. The fourth-order valence-corrected chi connectivity index (χ4v) is 5.18. The molecule has 0 saturated heterocycles. The number of aryl methyl sites for hydroxylation is 1. The van der Waals surface area contributed by atoms with Crippen molar-refractivity contribution in [1.82, 2.24) is 9.88 Å². The van der Waals surface area contributed by atoms with Crippen molar-refractivity contribution in [2.45, 2.75) is 58.2 Å². The second-order valence-corrected chi connectivity index (χ2v) is 8.81. The van der Waals surface area contributed by atoms with E-state index in [0.717, 1.165) is 77.9 Å². The van der Waals surface area contributed by atoms with Crippen molar-refractivity contribution in [3.8, 4) is 11.5 Å². The Bertz CT molecular complexity index is 1170. The number of aromatic amines is 1. The lowest BCUT2D eigenvalue weighted by Crippen LogP contribution is -2.40. The Kier molecular flexibility index (Phi) is 5.55. The zero-order valence-electron chi connectivity index (χ0n) is 18.7. The number of carboxylic acids is 1. The Morgan fingerprint density at radius 1 is 1.25 bits per heavy atom. The monoisotopic (exact) mass is 434 g/mol. The smallest absolute Gasteiger partial charge is 0.338 e. The van der Waals surface area contributed by atoms with Gasteiger partial charge in [-0.1, -0.05) is 26.2 Å². The third-order valence-electron chi connectivity index (χ3n) is 6.82. The van der Waals surface area contributed by atoms with E-state index in [-0.39, 0.29) is 6.23 Å². The van der Waals surface area contributed by atoms with Crippen molar-refractivity contribution in [2.24, 2.45) is 0 Å². The van der Waals surface area contributed by atoms with Gasteiger partial charge in [-0.2, -0.15) is 0 Å². The minimum atomic E-state index is -0.867. The molecule has 3 heterocycles. The van der Waals surface area contributed by atoms with E-state index < -0.39 is 5.97 Å². The van der Waals surface area contributed by atoms with E-state index in [1.807, 2.05) is 18.2 Å². The Labute approximate surface area is 188 Å². The van der Waals surface area contributed by atoms with Crippen LogP contribution in [0.2, 0.25) is 0 Å². The molecule has 2 aliphatic heterocycles. The number of rotatable bonds is 7. The van der Waals surface area contributed by atoms with Crippen molar-refractivity contribution in [1.29, 1.82) is 0 Å². The van der Waals surface area contributed by atoms with E-state index in [1.165, 1.54) is 12.0 Å². The number of aromatic carboxylic acids is 1. The third-order valence-corrected chi connectivity index (χ3v) is 6.82. The Balaban J connectivity index is 1.52. The number of methoxy groups -OCH3 is 1. The molecule has 0 aliphatic carbocycles. The lowest BCUT2D eigenvalue weighted by atomic mass is 9.94. The summed E-state index contributed by atoms with van der Waals surface area (Å²) in [6.07, 6.45) is 5.97. The van der Waals surface area contributed by atoms with E-state index >= 15 is 0 Å². The average molecular weight is 435 g/mol. The Hall–Kier alpha value is -2.99. The second-order valence-electron chi connectivity index (χ2n) is 8.81. The number of carbonyl (C=O) groups is 1. The lowest BCUT2D eigenvalue weighted by molar-refractivity contribution is -0.00959. The molecule has 2 aromatic carbocycles. The largest absolute Gasteiger partial charge is 0.497 e. The van der Waals surface area contributed by atoms with E-state index in [2.05, 4.69) is 28.9 Å². The third kappa shape index (κ3) is 3.52. The minimum absolute atomic E-state index is 0.157. The summed E-state index contributed by atoms with van der Waals surface area (Å²) in [6.45, 7) is 3.72. The first-order valence-corrected chi connectivity index (χ1v) is 11.6. The highest BCUT2D eigenvalue weighted by atomic mass is 16.5. The van der Waals surface area contributed by atoms with Gasteiger partial charge in [0.1, 0.15) is 11.5 Å². The highest BCUT2D eigenvalue weighted by Crippen LogP contribution is 2.43. The maximum atomic E-state index is 12.3. The molecule has 3 aromatic rings. The predicted molar refractivity (Wildman–Crippen MR) is 124 cm³/mol. The zero-order valence-corrected chi connectivity index (χ0v) is 18.7. The first-order chi connectivity index (χ1) is 15.6. The standard InChI is InChI=1S/C26H30N2O4/c1-3-4-5-6-7-20-24(26(29)30)23-19-15-28-13-12-16-14-17(31-2)8-9-18(16)25(28)32-22(19)11-10-21(23)27-20/h8-11,14,25,27H,3-7,12-13,15H2,1-2H3,(H,29,30). The number of unbranched alkanes of at least 4 members (excludes halogenated alkanes) is 3. The van der Waals surface area contributed by atoms with Crippen LogP contribution in [0.1, 0.15) is 71.6 Å². The molecular weight excluding hydrogens is 404 g/mol. The van der Waals surface area contributed by atoms with Gasteiger partial charge in [0.25, 0.3) is 0 Å². The number of hydrogen-bond donors (Lipinski definition) is 2. The van der Waals surface area contributed by atoms with E-state index in [9.17, 15) is 9.90 Å².